The van der Waals surface area contributed by atoms with E-state index in [1.54, 1.807) is 7.11 Å². The van der Waals surface area contributed by atoms with E-state index in [0.717, 1.165) is 18.8 Å². The standard InChI is InChI=1S/C14H23N3O/c1-16(2)12-6-7-17(10-12)14-8-13(18-3)5-4-11(14)9-15/h4-5,8,12H,6-7,9-10,15H2,1-3H3. The van der Waals surface area contributed by atoms with Gasteiger partial charge in [-0.25, -0.2) is 0 Å². The van der Waals surface area contributed by atoms with Gasteiger partial charge in [0.05, 0.1) is 7.11 Å². The number of ether oxygens (including phenoxy) is 1. The van der Waals surface area contributed by atoms with Crippen molar-refractivity contribution in [2.24, 2.45) is 5.73 Å². The zero-order chi connectivity index (χ0) is 13.1. The molecule has 2 rings (SSSR count). The minimum atomic E-state index is 0.572. The third-order valence-electron chi connectivity index (χ3n) is 3.75. The van der Waals surface area contributed by atoms with Gasteiger partial charge in [-0.05, 0) is 32.1 Å². The highest BCUT2D eigenvalue weighted by Gasteiger charge is 2.25. The van der Waals surface area contributed by atoms with Crippen LogP contribution in [-0.2, 0) is 6.54 Å². The molecule has 1 heterocycles. The average molecular weight is 249 g/mol. The minimum Gasteiger partial charge on any atom is -0.497 e. The Morgan fingerprint density at radius 2 is 2.22 bits per heavy atom. The van der Waals surface area contributed by atoms with E-state index in [0.29, 0.717) is 12.6 Å². The number of hydrogen-bond acceptors (Lipinski definition) is 4. The number of anilines is 1. The first kappa shape index (κ1) is 13.2. The largest absolute Gasteiger partial charge is 0.497 e. The number of hydrogen-bond donors (Lipinski definition) is 1. The first-order valence-electron chi connectivity index (χ1n) is 6.44. The van der Waals surface area contributed by atoms with Gasteiger partial charge in [-0.3, -0.25) is 0 Å². The van der Waals surface area contributed by atoms with Crippen LogP contribution in [0.1, 0.15) is 12.0 Å². The predicted octanol–water partition coefficient (Wildman–Crippen LogP) is 1.29. The van der Waals surface area contributed by atoms with Gasteiger partial charge in [-0.1, -0.05) is 6.07 Å². The maximum absolute atomic E-state index is 5.83. The lowest BCUT2D eigenvalue weighted by Crippen LogP contribution is -2.31. The fourth-order valence-electron chi connectivity index (χ4n) is 2.52. The summed E-state index contributed by atoms with van der Waals surface area (Å²) in [6.45, 7) is 2.72. The molecule has 0 aliphatic carbocycles. The molecule has 100 valence electrons. The lowest BCUT2D eigenvalue weighted by Gasteiger charge is -2.24. The smallest absolute Gasteiger partial charge is 0.120 e. The number of nitrogens with two attached hydrogens (primary N) is 1. The van der Waals surface area contributed by atoms with Crippen molar-refractivity contribution >= 4 is 5.69 Å². The quantitative estimate of drug-likeness (QED) is 0.873. The molecule has 1 saturated heterocycles. The second-order valence-electron chi connectivity index (χ2n) is 5.05. The average Bonchev–Trinajstić information content (AvgIpc) is 2.87. The van der Waals surface area contributed by atoms with Crippen molar-refractivity contribution in [3.8, 4) is 5.75 Å². The summed E-state index contributed by atoms with van der Waals surface area (Å²) in [7, 11) is 5.99. The fourth-order valence-corrected chi connectivity index (χ4v) is 2.52. The molecule has 0 amide bonds. The molecule has 0 saturated carbocycles. The molecule has 2 N–H and O–H groups in total. The zero-order valence-corrected chi connectivity index (χ0v) is 11.5. The molecule has 0 radical (unpaired) electrons. The maximum Gasteiger partial charge on any atom is 0.120 e. The monoisotopic (exact) mass is 249 g/mol. The summed E-state index contributed by atoms with van der Waals surface area (Å²) in [6.07, 6.45) is 1.20. The van der Waals surface area contributed by atoms with E-state index in [4.69, 9.17) is 10.5 Å². The minimum absolute atomic E-state index is 0.572. The van der Waals surface area contributed by atoms with E-state index in [1.165, 1.54) is 17.7 Å². The summed E-state index contributed by atoms with van der Waals surface area (Å²) in [5.41, 5.74) is 8.24. The molecule has 1 aromatic rings. The molecule has 1 unspecified atom stereocenters. The van der Waals surface area contributed by atoms with E-state index in [-0.39, 0.29) is 0 Å². The second kappa shape index (κ2) is 5.59. The molecular weight excluding hydrogens is 226 g/mol. The van der Waals surface area contributed by atoms with Crippen molar-refractivity contribution in [3.05, 3.63) is 23.8 Å². The molecule has 1 fully saturated rings. The van der Waals surface area contributed by atoms with Gasteiger partial charge in [0.15, 0.2) is 0 Å². The summed E-state index contributed by atoms with van der Waals surface area (Å²) in [5, 5.41) is 0. The van der Waals surface area contributed by atoms with Gasteiger partial charge in [0.2, 0.25) is 0 Å². The van der Waals surface area contributed by atoms with Crippen LogP contribution in [0, 0.1) is 0 Å². The van der Waals surface area contributed by atoms with Crippen LogP contribution in [0.15, 0.2) is 18.2 Å². The van der Waals surface area contributed by atoms with Gasteiger partial charge in [0.25, 0.3) is 0 Å². The second-order valence-corrected chi connectivity index (χ2v) is 5.05. The normalized spacial score (nSPS) is 19.6. The molecule has 4 nitrogen and oxygen atoms in total. The predicted molar refractivity (Wildman–Crippen MR) is 75.2 cm³/mol. The van der Waals surface area contributed by atoms with Crippen LogP contribution in [0.25, 0.3) is 0 Å². The van der Waals surface area contributed by atoms with Crippen molar-refractivity contribution in [1.29, 1.82) is 0 Å². The van der Waals surface area contributed by atoms with Crippen molar-refractivity contribution in [2.45, 2.75) is 19.0 Å². The summed E-state index contributed by atoms with van der Waals surface area (Å²) in [4.78, 5) is 4.71. The van der Waals surface area contributed by atoms with Crippen LogP contribution < -0.4 is 15.4 Å². The number of rotatable bonds is 4. The highest BCUT2D eigenvalue weighted by Crippen LogP contribution is 2.29. The molecule has 18 heavy (non-hydrogen) atoms. The topological polar surface area (TPSA) is 41.7 Å². The fraction of sp³-hybridized carbons (Fsp3) is 0.571. The van der Waals surface area contributed by atoms with Crippen molar-refractivity contribution in [1.82, 2.24) is 4.90 Å². The molecule has 4 heteroatoms. The highest BCUT2D eigenvalue weighted by atomic mass is 16.5. The zero-order valence-electron chi connectivity index (χ0n) is 11.5. The Balaban J connectivity index is 2.22. The summed E-state index contributed by atoms with van der Waals surface area (Å²) in [5.74, 6) is 0.899. The van der Waals surface area contributed by atoms with Gasteiger partial charge in [-0.2, -0.15) is 0 Å². The van der Waals surface area contributed by atoms with Crippen LogP contribution in [0.5, 0.6) is 5.75 Å². The van der Waals surface area contributed by atoms with Gasteiger partial charge >= 0.3 is 0 Å². The first-order valence-corrected chi connectivity index (χ1v) is 6.44. The Hall–Kier alpha value is -1.26. The highest BCUT2D eigenvalue weighted by molar-refractivity contribution is 5.58. The number of likely N-dealkylation sites (N-methyl/N-ethyl adjacent to an activating group) is 1. The number of methoxy groups -OCH3 is 1. The van der Waals surface area contributed by atoms with Gasteiger partial charge in [0.1, 0.15) is 5.75 Å². The van der Waals surface area contributed by atoms with Crippen molar-refractivity contribution < 1.29 is 4.74 Å². The van der Waals surface area contributed by atoms with E-state index in [9.17, 15) is 0 Å². The SMILES string of the molecule is COc1ccc(CN)c(N2CCC(N(C)C)C2)c1. The summed E-state index contributed by atoms with van der Waals surface area (Å²) < 4.78 is 5.31. The Labute approximate surface area is 109 Å². The van der Waals surface area contributed by atoms with Gasteiger partial charge in [-0.15, -0.1) is 0 Å². The van der Waals surface area contributed by atoms with Gasteiger partial charge < -0.3 is 20.3 Å². The van der Waals surface area contributed by atoms with Crippen LogP contribution in [0.4, 0.5) is 5.69 Å². The molecule has 0 aromatic heterocycles. The van der Waals surface area contributed by atoms with Crippen LogP contribution in [-0.4, -0.2) is 45.2 Å². The molecule has 1 aliphatic rings. The van der Waals surface area contributed by atoms with E-state index < -0.39 is 0 Å². The van der Waals surface area contributed by atoms with Crippen LogP contribution in [0.3, 0.4) is 0 Å². The summed E-state index contributed by atoms with van der Waals surface area (Å²) in [6, 6.07) is 6.77. The Kier molecular flexibility index (Phi) is 4.09. The van der Waals surface area contributed by atoms with Crippen molar-refractivity contribution in [3.63, 3.8) is 0 Å². The van der Waals surface area contributed by atoms with E-state index >= 15 is 0 Å². The molecule has 0 spiro atoms. The summed E-state index contributed by atoms with van der Waals surface area (Å²) >= 11 is 0. The number of nitrogens with zero attached hydrogens (tertiary/aromatic N) is 2. The van der Waals surface area contributed by atoms with Gasteiger partial charge in [0, 0.05) is 37.4 Å². The lowest BCUT2D eigenvalue weighted by atomic mass is 10.1. The molecule has 1 aromatic carbocycles. The van der Waals surface area contributed by atoms with Crippen LogP contribution >= 0.6 is 0 Å². The maximum atomic E-state index is 5.83. The molecular formula is C14H23N3O. The Bertz CT molecular complexity index is 406. The first-order chi connectivity index (χ1) is 8.65. The third kappa shape index (κ3) is 2.60. The van der Waals surface area contributed by atoms with E-state index in [2.05, 4.69) is 36.0 Å². The van der Waals surface area contributed by atoms with Crippen LogP contribution in [0.2, 0.25) is 0 Å². The lowest BCUT2D eigenvalue weighted by molar-refractivity contribution is 0.315. The molecule has 1 atom stereocenters. The third-order valence-corrected chi connectivity index (χ3v) is 3.75. The number of benzene rings is 1. The van der Waals surface area contributed by atoms with Crippen molar-refractivity contribution in [2.75, 3.05) is 39.2 Å². The Morgan fingerprint density at radius 3 is 2.78 bits per heavy atom. The molecule has 1 aliphatic heterocycles. The Morgan fingerprint density at radius 1 is 1.44 bits per heavy atom. The molecule has 0 bridgehead atoms. The van der Waals surface area contributed by atoms with E-state index in [1.807, 2.05) is 6.07 Å².